The molecule has 29 heavy (non-hydrogen) atoms. The molecular weight excluding hydrogens is 369 g/mol. The fourth-order valence-electron chi connectivity index (χ4n) is 5.72. The second-order valence-corrected chi connectivity index (χ2v) is 9.32. The van der Waals surface area contributed by atoms with E-state index in [2.05, 4.69) is 4.90 Å². The number of halogens is 1. The van der Waals surface area contributed by atoms with Crippen molar-refractivity contribution in [2.75, 3.05) is 38.6 Å². The van der Waals surface area contributed by atoms with Gasteiger partial charge in [0.15, 0.2) is 0 Å². The largest absolute Gasteiger partial charge is 0.349 e. The van der Waals surface area contributed by atoms with Crippen LogP contribution < -0.4 is 4.90 Å². The average Bonchev–Trinajstić information content (AvgIpc) is 3.02. The Morgan fingerprint density at radius 2 is 1.76 bits per heavy atom. The van der Waals surface area contributed by atoms with E-state index < -0.39 is 0 Å². The standard InChI is InChI=1S/C23H32FN3O2/c1-16(28)27-15-23(20-14-18(24)6-9-21(20)27)10-12-26(13-11-23)19-7-4-17(5-8-19)22(29)25(2)3/h6,9,14,17,19H,4-5,7-8,10-13,15H2,1-3H3. The molecule has 0 atom stereocenters. The van der Waals surface area contributed by atoms with Crippen molar-refractivity contribution in [2.45, 2.75) is 56.9 Å². The molecule has 2 fully saturated rings. The highest BCUT2D eigenvalue weighted by atomic mass is 19.1. The fraction of sp³-hybridized carbons (Fsp3) is 0.652. The zero-order chi connectivity index (χ0) is 20.8. The van der Waals surface area contributed by atoms with Gasteiger partial charge in [-0.05, 0) is 75.4 Å². The number of likely N-dealkylation sites (tertiary alicyclic amines) is 1. The maximum absolute atomic E-state index is 14.0. The SMILES string of the molecule is CC(=O)N1CC2(CCN(C3CCC(C(=O)N(C)C)CC3)CC2)c2cc(F)ccc21. The molecule has 2 amide bonds. The predicted octanol–water partition coefficient (Wildman–Crippen LogP) is 3.17. The summed E-state index contributed by atoms with van der Waals surface area (Å²) < 4.78 is 14.0. The molecule has 6 heteroatoms. The molecule has 1 saturated carbocycles. The lowest BCUT2D eigenvalue weighted by Crippen LogP contribution is -2.50. The Bertz CT molecular complexity index is 793. The molecule has 0 aromatic heterocycles. The van der Waals surface area contributed by atoms with Crippen LogP contribution in [0.25, 0.3) is 0 Å². The number of anilines is 1. The van der Waals surface area contributed by atoms with Crippen molar-refractivity contribution in [2.24, 2.45) is 5.92 Å². The summed E-state index contributed by atoms with van der Waals surface area (Å²) in [5.74, 6) is 0.238. The summed E-state index contributed by atoms with van der Waals surface area (Å²) in [6.07, 6.45) is 5.97. The smallest absolute Gasteiger partial charge is 0.225 e. The highest BCUT2D eigenvalue weighted by molar-refractivity contribution is 5.94. The van der Waals surface area contributed by atoms with Crippen molar-refractivity contribution in [3.8, 4) is 0 Å². The number of hydrogen-bond acceptors (Lipinski definition) is 3. The minimum Gasteiger partial charge on any atom is -0.349 e. The minimum absolute atomic E-state index is 0.0287. The Labute approximate surface area is 172 Å². The highest BCUT2D eigenvalue weighted by Gasteiger charge is 2.46. The van der Waals surface area contributed by atoms with Gasteiger partial charge in [-0.2, -0.15) is 0 Å². The molecule has 2 aliphatic heterocycles. The van der Waals surface area contributed by atoms with Gasteiger partial charge in [-0.15, -0.1) is 0 Å². The second-order valence-electron chi connectivity index (χ2n) is 9.32. The molecule has 3 aliphatic rings. The number of carbonyl (C=O) groups excluding carboxylic acids is 2. The van der Waals surface area contributed by atoms with E-state index in [0.29, 0.717) is 12.6 Å². The van der Waals surface area contributed by atoms with Crippen molar-refractivity contribution in [3.05, 3.63) is 29.6 Å². The van der Waals surface area contributed by atoms with Crippen molar-refractivity contribution >= 4 is 17.5 Å². The summed E-state index contributed by atoms with van der Waals surface area (Å²) in [6, 6.07) is 5.40. The Balaban J connectivity index is 1.42. The van der Waals surface area contributed by atoms with E-state index in [0.717, 1.165) is 62.9 Å². The van der Waals surface area contributed by atoms with E-state index >= 15 is 0 Å². The molecule has 1 saturated heterocycles. The van der Waals surface area contributed by atoms with Gasteiger partial charge >= 0.3 is 0 Å². The van der Waals surface area contributed by atoms with E-state index in [1.54, 1.807) is 24.0 Å². The molecule has 0 bridgehead atoms. The molecule has 1 aliphatic carbocycles. The normalized spacial score (nSPS) is 26.4. The molecule has 0 unspecified atom stereocenters. The van der Waals surface area contributed by atoms with E-state index in [9.17, 15) is 14.0 Å². The van der Waals surface area contributed by atoms with Gasteiger partial charge in [0.25, 0.3) is 0 Å². The number of benzene rings is 1. The molecule has 5 nitrogen and oxygen atoms in total. The Kier molecular flexibility index (Phi) is 5.40. The first-order valence-corrected chi connectivity index (χ1v) is 10.8. The average molecular weight is 402 g/mol. The van der Waals surface area contributed by atoms with E-state index in [-0.39, 0.29) is 29.0 Å². The van der Waals surface area contributed by atoms with Crippen LogP contribution in [0.3, 0.4) is 0 Å². The van der Waals surface area contributed by atoms with Gasteiger partial charge in [-0.1, -0.05) is 0 Å². The zero-order valence-corrected chi connectivity index (χ0v) is 17.8. The van der Waals surface area contributed by atoms with Crippen LogP contribution in [0.1, 0.15) is 51.0 Å². The van der Waals surface area contributed by atoms with Crippen molar-refractivity contribution in [1.29, 1.82) is 0 Å². The maximum atomic E-state index is 14.0. The van der Waals surface area contributed by atoms with Crippen LogP contribution in [0.5, 0.6) is 0 Å². The van der Waals surface area contributed by atoms with Crippen molar-refractivity contribution < 1.29 is 14.0 Å². The first kappa shape index (κ1) is 20.3. The van der Waals surface area contributed by atoms with Gasteiger partial charge in [-0.3, -0.25) is 9.59 Å². The van der Waals surface area contributed by atoms with Crippen LogP contribution in [-0.4, -0.2) is 61.4 Å². The summed E-state index contributed by atoms with van der Waals surface area (Å²) in [5, 5.41) is 0. The summed E-state index contributed by atoms with van der Waals surface area (Å²) >= 11 is 0. The molecular formula is C23H32FN3O2. The van der Waals surface area contributed by atoms with E-state index in [1.807, 2.05) is 19.0 Å². The number of nitrogens with zero attached hydrogens (tertiary/aromatic N) is 3. The number of piperidine rings is 1. The third-order valence-electron chi connectivity index (χ3n) is 7.42. The Morgan fingerprint density at radius 1 is 1.10 bits per heavy atom. The van der Waals surface area contributed by atoms with Crippen LogP contribution in [0.2, 0.25) is 0 Å². The molecule has 2 heterocycles. The summed E-state index contributed by atoms with van der Waals surface area (Å²) in [7, 11) is 3.68. The molecule has 158 valence electrons. The first-order chi connectivity index (χ1) is 13.8. The molecule has 4 rings (SSSR count). The minimum atomic E-state index is -0.222. The number of amides is 2. The number of rotatable bonds is 2. The van der Waals surface area contributed by atoms with Crippen LogP contribution >= 0.6 is 0 Å². The van der Waals surface area contributed by atoms with Gasteiger partial charge in [0, 0.05) is 50.6 Å². The zero-order valence-electron chi connectivity index (χ0n) is 17.8. The maximum Gasteiger partial charge on any atom is 0.225 e. The van der Waals surface area contributed by atoms with Crippen molar-refractivity contribution in [3.63, 3.8) is 0 Å². The molecule has 1 aromatic carbocycles. The van der Waals surface area contributed by atoms with Gasteiger partial charge in [0.2, 0.25) is 11.8 Å². The third-order valence-corrected chi connectivity index (χ3v) is 7.42. The van der Waals surface area contributed by atoms with Crippen LogP contribution in [0.4, 0.5) is 10.1 Å². The van der Waals surface area contributed by atoms with Gasteiger partial charge in [0.1, 0.15) is 5.82 Å². The first-order valence-electron chi connectivity index (χ1n) is 10.8. The molecule has 0 N–H and O–H groups in total. The predicted molar refractivity (Wildman–Crippen MR) is 111 cm³/mol. The molecule has 0 radical (unpaired) electrons. The Morgan fingerprint density at radius 3 is 2.34 bits per heavy atom. The van der Waals surface area contributed by atoms with E-state index in [4.69, 9.17) is 0 Å². The Hall–Kier alpha value is -1.95. The number of fused-ring (bicyclic) bond motifs is 2. The van der Waals surface area contributed by atoms with Crippen LogP contribution in [-0.2, 0) is 15.0 Å². The summed E-state index contributed by atoms with van der Waals surface area (Å²) in [6.45, 7) is 4.20. The van der Waals surface area contributed by atoms with Crippen LogP contribution in [0.15, 0.2) is 18.2 Å². The van der Waals surface area contributed by atoms with Gasteiger partial charge < -0.3 is 14.7 Å². The van der Waals surface area contributed by atoms with Crippen LogP contribution in [0, 0.1) is 11.7 Å². The highest BCUT2D eigenvalue weighted by Crippen LogP contribution is 2.48. The van der Waals surface area contributed by atoms with Crippen molar-refractivity contribution in [1.82, 2.24) is 9.80 Å². The molecule has 1 spiro atoms. The second kappa shape index (κ2) is 7.71. The fourth-order valence-corrected chi connectivity index (χ4v) is 5.72. The van der Waals surface area contributed by atoms with E-state index in [1.165, 1.54) is 6.07 Å². The summed E-state index contributed by atoms with van der Waals surface area (Å²) in [4.78, 5) is 30.5. The molecule has 1 aromatic rings. The van der Waals surface area contributed by atoms with Gasteiger partial charge in [-0.25, -0.2) is 4.39 Å². The number of carbonyl (C=O) groups is 2. The topological polar surface area (TPSA) is 43.9 Å². The lowest BCUT2D eigenvalue weighted by Gasteiger charge is -2.44. The lowest BCUT2D eigenvalue weighted by molar-refractivity contribution is -0.134. The quantitative estimate of drug-likeness (QED) is 0.765. The monoisotopic (exact) mass is 401 g/mol. The third kappa shape index (κ3) is 3.67. The van der Waals surface area contributed by atoms with Gasteiger partial charge in [0.05, 0.1) is 0 Å². The number of hydrogen-bond donors (Lipinski definition) is 0. The lowest BCUT2D eigenvalue weighted by atomic mass is 9.73. The summed E-state index contributed by atoms with van der Waals surface area (Å²) in [5.41, 5.74) is 1.76.